The van der Waals surface area contributed by atoms with E-state index in [1.807, 2.05) is 63.0 Å². The molecule has 1 amide bonds. The van der Waals surface area contributed by atoms with E-state index in [2.05, 4.69) is 15.4 Å². The number of aryl methyl sites for hydroxylation is 4. The topological polar surface area (TPSA) is 86.9 Å². The highest BCUT2D eigenvalue weighted by Crippen LogP contribution is 2.31. The highest BCUT2D eigenvalue weighted by atomic mass is 32.2. The molecule has 0 aliphatic heterocycles. The Morgan fingerprint density at radius 2 is 1.94 bits per heavy atom. The van der Waals surface area contributed by atoms with E-state index >= 15 is 0 Å². The van der Waals surface area contributed by atoms with E-state index in [-0.39, 0.29) is 5.91 Å². The Labute approximate surface area is 191 Å². The Bertz CT molecular complexity index is 1280. The van der Waals surface area contributed by atoms with Crippen LogP contribution in [0.15, 0.2) is 46.7 Å². The minimum absolute atomic E-state index is 0.0356. The Kier molecular flexibility index (Phi) is 6.18. The lowest BCUT2D eigenvalue weighted by Gasteiger charge is -2.11. The van der Waals surface area contributed by atoms with Crippen molar-refractivity contribution >= 4 is 34.4 Å². The van der Waals surface area contributed by atoms with Crippen LogP contribution >= 0.6 is 11.8 Å². The van der Waals surface area contributed by atoms with Gasteiger partial charge in [-0.1, -0.05) is 11.8 Å². The van der Waals surface area contributed by atoms with Crippen LogP contribution in [0, 0.1) is 13.8 Å². The summed E-state index contributed by atoms with van der Waals surface area (Å²) in [5, 5.41) is 9.18. The Balaban J connectivity index is 1.42. The first kappa shape index (κ1) is 21.9. The number of benzene rings is 1. The van der Waals surface area contributed by atoms with Crippen LogP contribution in [0.1, 0.15) is 23.2 Å². The number of rotatable bonds is 7. The predicted molar refractivity (Wildman–Crippen MR) is 125 cm³/mol. The molecule has 0 unspecified atom stereocenters. The van der Waals surface area contributed by atoms with Crippen molar-refractivity contribution in [3.05, 3.63) is 53.5 Å². The highest BCUT2D eigenvalue weighted by Gasteiger charge is 2.18. The van der Waals surface area contributed by atoms with E-state index in [1.165, 1.54) is 0 Å². The predicted octanol–water partition coefficient (Wildman–Crippen LogP) is 4.05. The van der Waals surface area contributed by atoms with Crippen molar-refractivity contribution in [2.24, 2.45) is 14.1 Å². The normalized spacial score (nSPS) is 11.2. The summed E-state index contributed by atoms with van der Waals surface area (Å²) in [5.74, 6) is 0.522. The maximum absolute atomic E-state index is 12.6. The second-order valence-corrected chi connectivity index (χ2v) is 8.67. The zero-order valence-corrected chi connectivity index (χ0v) is 19.7. The van der Waals surface area contributed by atoms with Gasteiger partial charge in [-0.15, -0.1) is 5.10 Å². The summed E-state index contributed by atoms with van der Waals surface area (Å²) in [6, 6.07) is 7.78. The maximum atomic E-state index is 12.6. The SMILES string of the molecule is COc1nn(C)c2nc(C)c(CCC(=O)Nc3ccc(Sc4nccn4C)cc3)c(C)c12. The van der Waals surface area contributed by atoms with Crippen LogP contribution in [-0.4, -0.2) is 37.3 Å². The van der Waals surface area contributed by atoms with Crippen molar-refractivity contribution in [1.82, 2.24) is 24.3 Å². The van der Waals surface area contributed by atoms with Crippen molar-refractivity contribution in [3.8, 4) is 5.88 Å². The summed E-state index contributed by atoms with van der Waals surface area (Å²) in [4.78, 5) is 22.7. The first-order chi connectivity index (χ1) is 15.4. The molecule has 0 saturated carbocycles. The summed E-state index contributed by atoms with van der Waals surface area (Å²) in [5.41, 5.74) is 4.58. The molecule has 0 fully saturated rings. The van der Waals surface area contributed by atoms with Crippen LogP contribution < -0.4 is 10.1 Å². The van der Waals surface area contributed by atoms with Crippen LogP contribution in [0.3, 0.4) is 0 Å². The average molecular weight is 451 g/mol. The summed E-state index contributed by atoms with van der Waals surface area (Å²) >= 11 is 1.58. The third-order valence-corrected chi connectivity index (χ3v) is 6.53. The van der Waals surface area contributed by atoms with E-state index < -0.39 is 0 Å². The zero-order valence-electron chi connectivity index (χ0n) is 18.8. The Hall–Kier alpha value is -3.33. The molecular formula is C23H26N6O2S. The maximum Gasteiger partial charge on any atom is 0.242 e. The molecule has 8 nitrogen and oxygen atoms in total. The monoisotopic (exact) mass is 450 g/mol. The minimum Gasteiger partial charge on any atom is -0.479 e. The number of ether oxygens (including phenoxy) is 1. The number of anilines is 1. The van der Waals surface area contributed by atoms with Gasteiger partial charge >= 0.3 is 0 Å². The van der Waals surface area contributed by atoms with Gasteiger partial charge in [-0.2, -0.15) is 0 Å². The number of imidazole rings is 1. The molecule has 0 spiro atoms. The molecule has 0 radical (unpaired) electrons. The number of aromatic nitrogens is 5. The highest BCUT2D eigenvalue weighted by molar-refractivity contribution is 7.99. The second-order valence-electron chi connectivity index (χ2n) is 7.63. The smallest absolute Gasteiger partial charge is 0.242 e. The summed E-state index contributed by atoms with van der Waals surface area (Å²) < 4.78 is 9.11. The van der Waals surface area contributed by atoms with Crippen LogP contribution in [0.25, 0.3) is 11.0 Å². The molecule has 166 valence electrons. The number of methoxy groups -OCH3 is 1. The average Bonchev–Trinajstić information content (AvgIpc) is 3.31. The standard InChI is InChI=1S/C23H26N6O2S/c1-14-18(15(2)25-21-20(14)22(31-5)27-29(21)4)10-11-19(30)26-16-6-8-17(9-7-16)32-23-24-12-13-28(23)3/h6-9,12-13H,10-11H2,1-5H3,(H,26,30). The van der Waals surface area contributed by atoms with Gasteiger partial charge in [0.05, 0.1) is 12.5 Å². The van der Waals surface area contributed by atoms with Gasteiger partial charge in [-0.3, -0.25) is 4.79 Å². The molecule has 0 bridgehead atoms. The number of hydrogen-bond acceptors (Lipinski definition) is 6. The summed E-state index contributed by atoms with van der Waals surface area (Å²) in [7, 11) is 5.42. The fourth-order valence-corrected chi connectivity index (χ4v) is 4.53. The molecule has 32 heavy (non-hydrogen) atoms. The number of nitrogens with zero attached hydrogens (tertiary/aromatic N) is 5. The Morgan fingerprint density at radius 3 is 2.59 bits per heavy atom. The van der Waals surface area contributed by atoms with Crippen molar-refractivity contribution in [1.29, 1.82) is 0 Å². The van der Waals surface area contributed by atoms with Crippen LogP contribution in [-0.2, 0) is 25.3 Å². The van der Waals surface area contributed by atoms with E-state index in [0.29, 0.717) is 18.7 Å². The van der Waals surface area contributed by atoms with Crippen molar-refractivity contribution in [2.75, 3.05) is 12.4 Å². The van der Waals surface area contributed by atoms with E-state index in [0.717, 1.165) is 43.6 Å². The van der Waals surface area contributed by atoms with E-state index in [9.17, 15) is 4.79 Å². The number of pyridine rings is 1. The molecule has 3 heterocycles. The number of carbonyl (C=O) groups excluding carboxylic acids is 1. The van der Waals surface area contributed by atoms with Crippen molar-refractivity contribution in [3.63, 3.8) is 0 Å². The molecule has 1 aromatic carbocycles. The van der Waals surface area contributed by atoms with Gasteiger partial charge in [-0.25, -0.2) is 14.6 Å². The fourth-order valence-electron chi connectivity index (χ4n) is 3.73. The quantitative estimate of drug-likeness (QED) is 0.457. The molecule has 0 saturated heterocycles. The number of hydrogen-bond donors (Lipinski definition) is 1. The molecule has 4 rings (SSSR count). The second kappa shape index (κ2) is 9.04. The first-order valence-corrected chi connectivity index (χ1v) is 11.1. The number of amides is 1. The van der Waals surface area contributed by atoms with Crippen LogP contribution in [0.2, 0.25) is 0 Å². The third kappa shape index (κ3) is 4.34. The Morgan fingerprint density at radius 1 is 1.19 bits per heavy atom. The third-order valence-electron chi connectivity index (χ3n) is 5.44. The van der Waals surface area contributed by atoms with Gasteiger partial charge in [0.2, 0.25) is 11.8 Å². The van der Waals surface area contributed by atoms with Gasteiger partial charge in [-0.05, 0) is 55.7 Å². The zero-order chi connectivity index (χ0) is 22.8. The minimum atomic E-state index is -0.0356. The molecule has 3 aromatic heterocycles. The lowest BCUT2D eigenvalue weighted by molar-refractivity contribution is -0.116. The molecule has 0 aliphatic carbocycles. The fraction of sp³-hybridized carbons (Fsp3) is 0.304. The van der Waals surface area contributed by atoms with Gasteiger partial charge < -0.3 is 14.6 Å². The summed E-state index contributed by atoms with van der Waals surface area (Å²) in [6.45, 7) is 4.00. The van der Waals surface area contributed by atoms with Crippen LogP contribution in [0.4, 0.5) is 5.69 Å². The van der Waals surface area contributed by atoms with Crippen molar-refractivity contribution < 1.29 is 9.53 Å². The number of fused-ring (bicyclic) bond motifs is 1. The van der Waals surface area contributed by atoms with Gasteiger partial charge in [0.25, 0.3) is 0 Å². The molecule has 9 heteroatoms. The molecular weight excluding hydrogens is 424 g/mol. The van der Waals surface area contributed by atoms with Crippen LogP contribution in [0.5, 0.6) is 5.88 Å². The number of carbonyl (C=O) groups is 1. The molecule has 4 aromatic rings. The van der Waals surface area contributed by atoms with E-state index in [4.69, 9.17) is 9.72 Å². The molecule has 0 atom stereocenters. The lowest BCUT2D eigenvalue weighted by Crippen LogP contribution is -2.13. The summed E-state index contributed by atoms with van der Waals surface area (Å²) in [6.07, 6.45) is 4.65. The molecule has 0 aliphatic rings. The van der Waals surface area contributed by atoms with Crippen molar-refractivity contribution in [2.45, 2.75) is 36.7 Å². The molecule has 1 N–H and O–H groups in total. The first-order valence-electron chi connectivity index (χ1n) is 10.3. The number of nitrogens with one attached hydrogen (secondary N) is 1. The lowest BCUT2D eigenvalue weighted by atomic mass is 10.00. The largest absolute Gasteiger partial charge is 0.479 e. The van der Waals surface area contributed by atoms with Gasteiger partial charge in [0.15, 0.2) is 10.8 Å². The van der Waals surface area contributed by atoms with Gasteiger partial charge in [0.1, 0.15) is 0 Å². The van der Waals surface area contributed by atoms with E-state index in [1.54, 1.807) is 29.8 Å². The van der Waals surface area contributed by atoms with Gasteiger partial charge in [0, 0.05) is 49.2 Å².